The fraction of sp³-hybridized carbons (Fsp3) is 0.316. The molecular weight excluding hydrogens is 350 g/mol. The molecule has 0 amide bonds. The van der Waals surface area contributed by atoms with Crippen molar-refractivity contribution >= 4 is 22.1 Å². The molecule has 0 aromatic heterocycles. The van der Waals surface area contributed by atoms with Crippen molar-refractivity contribution in [3.05, 3.63) is 69.7 Å². The molecule has 120 valence electrons. The fourth-order valence-corrected chi connectivity index (χ4v) is 2.92. The van der Waals surface area contributed by atoms with E-state index in [4.69, 9.17) is 0 Å². The van der Waals surface area contributed by atoms with Crippen molar-refractivity contribution in [3.8, 4) is 0 Å². The predicted molar refractivity (Wildman–Crippen MR) is 99.8 cm³/mol. The van der Waals surface area contributed by atoms with Crippen LogP contribution in [0.2, 0.25) is 0 Å². The molecule has 3 rings (SSSR count). The van der Waals surface area contributed by atoms with E-state index in [0.717, 1.165) is 42.8 Å². The van der Waals surface area contributed by atoms with Crippen LogP contribution in [-0.2, 0) is 6.54 Å². The summed E-state index contributed by atoms with van der Waals surface area (Å²) < 4.78 is 1.10. The van der Waals surface area contributed by atoms with Crippen LogP contribution in [0.1, 0.15) is 16.7 Å². The molecule has 1 aliphatic rings. The lowest BCUT2D eigenvalue weighted by atomic mass is 10.1. The zero-order valence-corrected chi connectivity index (χ0v) is 15.0. The molecule has 1 aliphatic heterocycles. The SMILES string of the molecule is Cc1ccc(CN2CCN(/N=C/c3ccc(Br)cc3)CC2)cc1. The van der Waals surface area contributed by atoms with Gasteiger partial charge in [0, 0.05) is 37.2 Å². The van der Waals surface area contributed by atoms with Gasteiger partial charge in [-0.2, -0.15) is 5.10 Å². The first-order chi connectivity index (χ1) is 11.2. The van der Waals surface area contributed by atoms with Gasteiger partial charge in [-0.3, -0.25) is 9.91 Å². The van der Waals surface area contributed by atoms with Crippen LogP contribution in [0, 0.1) is 6.92 Å². The smallest absolute Gasteiger partial charge is 0.0542 e. The van der Waals surface area contributed by atoms with E-state index < -0.39 is 0 Å². The molecule has 1 fully saturated rings. The number of hydrogen-bond acceptors (Lipinski definition) is 3. The van der Waals surface area contributed by atoms with E-state index in [9.17, 15) is 0 Å². The lowest BCUT2D eigenvalue weighted by molar-refractivity contribution is 0.131. The molecule has 0 bridgehead atoms. The second kappa shape index (κ2) is 7.75. The average molecular weight is 372 g/mol. The third kappa shape index (κ3) is 4.91. The van der Waals surface area contributed by atoms with Crippen LogP contribution < -0.4 is 0 Å². The van der Waals surface area contributed by atoms with Gasteiger partial charge in [0.25, 0.3) is 0 Å². The van der Waals surface area contributed by atoms with Gasteiger partial charge in [0.05, 0.1) is 6.21 Å². The van der Waals surface area contributed by atoms with Crippen molar-refractivity contribution < 1.29 is 0 Å². The maximum Gasteiger partial charge on any atom is 0.0542 e. The summed E-state index contributed by atoms with van der Waals surface area (Å²) in [6, 6.07) is 17.1. The van der Waals surface area contributed by atoms with Crippen LogP contribution in [0.15, 0.2) is 58.1 Å². The molecular formula is C19H22BrN3. The second-order valence-corrected chi connectivity index (χ2v) is 6.93. The molecule has 0 N–H and O–H groups in total. The summed E-state index contributed by atoms with van der Waals surface area (Å²) in [6.07, 6.45) is 1.95. The number of benzene rings is 2. The van der Waals surface area contributed by atoms with Crippen LogP contribution in [0.4, 0.5) is 0 Å². The molecule has 0 saturated carbocycles. The highest BCUT2D eigenvalue weighted by Gasteiger charge is 2.15. The Kier molecular flexibility index (Phi) is 5.47. The van der Waals surface area contributed by atoms with E-state index >= 15 is 0 Å². The lowest BCUT2D eigenvalue weighted by Gasteiger charge is -2.33. The standard InChI is InChI=1S/C19H22BrN3/c1-16-2-4-18(5-3-16)15-22-10-12-23(13-11-22)21-14-17-6-8-19(20)9-7-17/h2-9,14H,10-13,15H2,1H3/b21-14+. The number of hydrogen-bond donors (Lipinski definition) is 0. The number of rotatable bonds is 4. The Morgan fingerprint density at radius 2 is 1.61 bits per heavy atom. The molecule has 2 aromatic rings. The number of halogens is 1. The summed E-state index contributed by atoms with van der Waals surface area (Å²) in [6.45, 7) is 7.26. The zero-order valence-electron chi connectivity index (χ0n) is 13.5. The summed E-state index contributed by atoms with van der Waals surface area (Å²) in [5.41, 5.74) is 3.85. The second-order valence-electron chi connectivity index (χ2n) is 6.01. The minimum atomic E-state index is 0.985. The summed E-state index contributed by atoms with van der Waals surface area (Å²) in [5, 5.41) is 6.76. The third-order valence-corrected chi connectivity index (χ3v) is 4.64. The lowest BCUT2D eigenvalue weighted by Crippen LogP contribution is -2.43. The first-order valence-electron chi connectivity index (χ1n) is 8.01. The molecule has 1 saturated heterocycles. The molecule has 2 aromatic carbocycles. The Morgan fingerprint density at radius 1 is 0.957 bits per heavy atom. The number of aryl methyl sites for hydroxylation is 1. The van der Waals surface area contributed by atoms with Crippen molar-refractivity contribution in [2.24, 2.45) is 5.10 Å². The maximum atomic E-state index is 4.60. The van der Waals surface area contributed by atoms with E-state index in [1.54, 1.807) is 0 Å². The highest BCUT2D eigenvalue weighted by molar-refractivity contribution is 9.10. The number of nitrogens with zero attached hydrogens (tertiary/aromatic N) is 3. The Balaban J connectivity index is 1.48. The summed E-state index contributed by atoms with van der Waals surface area (Å²) in [5.74, 6) is 0. The molecule has 1 heterocycles. The summed E-state index contributed by atoms with van der Waals surface area (Å²) in [7, 11) is 0. The molecule has 3 nitrogen and oxygen atoms in total. The van der Waals surface area contributed by atoms with Gasteiger partial charge in [0.2, 0.25) is 0 Å². The molecule has 0 spiro atoms. The van der Waals surface area contributed by atoms with Gasteiger partial charge in [0.15, 0.2) is 0 Å². The van der Waals surface area contributed by atoms with Gasteiger partial charge >= 0.3 is 0 Å². The van der Waals surface area contributed by atoms with Crippen molar-refractivity contribution in [3.63, 3.8) is 0 Å². The van der Waals surface area contributed by atoms with Gasteiger partial charge in [-0.05, 0) is 30.2 Å². The number of hydrazone groups is 1. The first kappa shape index (κ1) is 16.2. The van der Waals surface area contributed by atoms with Gasteiger partial charge in [-0.1, -0.05) is 57.9 Å². The topological polar surface area (TPSA) is 18.8 Å². The largest absolute Gasteiger partial charge is 0.295 e. The fourth-order valence-electron chi connectivity index (χ4n) is 2.66. The normalized spacial score (nSPS) is 16.2. The van der Waals surface area contributed by atoms with Gasteiger partial charge in [-0.15, -0.1) is 0 Å². The Bertz CT molecular complexity index is 641. The van der Waals surface area contributed by atoms with E-state index in [0.29, 0.717) is 0 Å². The van der Waals surface area contributed by atoms with Crippen LogP contribution in [-0.4, -0.2) is 42.3 Å². The van der Waals surface area contributed by atoms with E-state index in [2.05, 4.69) is 74.3 Å². The first-order valence-corrected chi connectivity index (χ1v) is 8.81. The Hall–Kier alpha value is -1.65. The monoisotopic (exact) mass is 371 g/mol. The van der Waals surface area contributed by atoms with Crippen molar-refractivity contribution in [1.82, 2.24) is 9.91 Å². The highest BCUT2D eigenvalue weighted by atomic mass is 79.9. The molecule has 0 aliphatic carbocycles. The number of piperazine rings is 1. The van der Waals surface area contributed by atoms with Crippen LogP contribution in [0.25, 0.3) is 0 Å². The highest BCUT2D eigenvalue weighted by Crippen LogP contribution is 2.11. The van der Waals surface area contributed by atoms with Crippen LogP contribution in [0.5, 0.6) is 0 Å². The third-order valence-electron chi connectivity index (χ3n) is 4.12. The summed E-state index contributed by atoms with van der Waals surface area (Å²) >= 11 is 3.45. The molecule has 0 atom stereocenters. The van der Waals surface area contributed by atoms with Crippen molar-refractivity contribution in [2.45, 2.75) is 13.5 Å². The Labute approximate surface area is 146 Å². The van der Waals surface area contributed by atoms with Crippen molar-refractivity contribution in [1.29, 1.82) is 0 Å². The minimum absolute atomic E-state index is 0.985. The molecule has 0 unspecified atom stereocenters. The van der Waals surface area contributed by atoms with E-state index in [1.807, 2.05) is 18.3 Å². The predicted octanol–water partition coefficient (Wildman–Crippen LogP) is 3.91. The average Bonchev–Trinajstić information content (AvgIpc) is 2.58. The van der Waals surface area contributed by atoms with Gasteiger partial charge in [-0.25, -0.2) is 0 Å². The summed E-state index contributed by atoms with van der Waals surface area (Å²) in [4.78, 5) is 2.50. The molecule has 0 radical (unpaired) electrons. The van der Waals surface area contributed by atoms with Gasteiger partial charge < -0.3 is 0 Å². The van der Waals surface area contributed by atoms with E-state index in [1.165, 1.54) is 11.1 Å². The van der Waals surface area contributed by atoms with Crippen molar-refractivity contribution in [2.75, 3.05) is 26.2 Å². The van der Waals surface area contributed by atoms with Crippen LogP contribution in [0.3, 0.4) is 0 Å². The minimum Gasteiger partial charge on any atom is -0.295 e. The molecule has 4 heteroatoms. The Morgan fingerprint density at radius 3 is 2.26 bits per heavy atom. The zero-order chi connectivity index (χ0) is 16.1. The molecule has 23 heavy (non-hydrogen) atoms. The quantitative estimate of drug-likeness (QED) is 0.758. The van der Waals surface area contributed by atoms with E-state index in [-0.39, 0.29) is 0 Å². The maximum absolute atomic E-state index is 4.60. The van der Waals surface area contributed by atoms with Crippen LogP contribution >= 0.6 is 15.9 Å². The van der Waals surface area contributed by atoms with Gasteiger partial charge in [0.1, 0.15) is 0 Å².